The molecular weight excluding hydrogens is 326 g/mol. The van der Waals surface area contributed by atoms with Gasteiger partial charge in [-0.1, -0.05) is 36.4 Å². The topological polar surface area (TPSA) is 84.2 Å². The molecule has 122 valence electrons. The van der Waals surface area contributed by atoms with Gasteiger partial charge >= 0.3 is 6.01 Å². The predicted molar refractivity (Wildman–Crippen MR) is 91.3 cm³/mol. The Balaban J connectivity index is 1.51. The summed E-state index contributed by atoms with van der Waals surface area (Å²) in [6.45, 7) is 0.493. The molecule has 0 atom stereocenters. The van der Waals surface area contributed by atoms with Crippen molar-refractivity contribution in [2.45, 2.75) is 6.42 Å². The lowest BCUT2D eigenvalue weighted by atomic mass is 10.1. The van der Waals surface area contributed by atoms with Crippen LogP contribution in [-0.4, -0.2) is 23.3 Å². The van der Waals surface area contributed by atoms with Crippen LogP contribution in [0.25, 0.3) is 0 Å². The molecule has 0 saturated carbocycles. The Morgan fingerprint density at radius 1 is 1.08 bits per heavy atom. The molecule has 0 radical (unpaired) electrons. The quantitative estimate of drug-likeness (QED) is 0.722. The molecule has 1 aromatic carbocycles. The van der Waals surface area contributed by atoms with E-state index in [1.807, 2.05) is 30.3 Å². The minimum Gasteiger partial charge on any atom is -0.431 e. The Labute approximate surface area is 142 Å². The highest BCUT2D eigenvalue weighted by Crippen LogP contribution is 2.13. The van der Waals surface area contributed by atoms with Crippen LogP contribution in [0.3, 0.4) is 0 Å². The first-order chi connectivity index (χ1) is 11.7. The molecule has 0 unspecified atom stereocenters. The van der Waals surface area contributed by atoms with Gasteiger partial charge in [-0.3, -0.25) is 14.9 Å². The average Bonchev–Trinajstić information content (AvgIpc) is 3.27. The number of nitrogens with one attached hydrogen (secondary N) is 2. The van der Waals surface area contributed by atoms with Crippen LogP contribution >= 0.6 is 11.3 Å². The number of amides is 2. The maximum atomic E-state index is 12.0. The van der Waals surface area contributed by atoms with Crippen molar-refractivity contribution in [3.8, 4) is 0 Å². The van der Waals surface area contributed by atoms with Gasteiger partial charge in [-0.15, -0.1) is 11.3 Å². The van der Waals surface area contributed by atoms with Crippen molar-refractivity contribution < 1.29 is 14.0 Å². The number of benzene rings is 1. The molecule has 2 amide bonds. The summed E-state index contributed by atoms with van der Waals surface area (Å²) in [5.74, 6) is -0.658. The molecule has 3 rings (SSSR count). The third-order valence-corrected chi connectivity index (χ3v) is 4.11. The van der Waals surface area contributed by atoms with E-state index in [-0.39, 0.29) is 23.5 Å². The van der Waals surface area contributed by atoms with Gasteiger partial charge in [0.25, 0.3) is 11.8 Å². The van der Waals surface area contributed by atoms with E-state index in [0.29, 0.717) is 11.4 Å². The number of carbonyl (C=O) groups excluding carboxylic acids is 2. The highest BCUT2D eigenvalue weighted by Gasteiger charge is 2.14. The standard InChI is InChI=1S/C17H15N3O3S/c21-15(18-9-8-12-5-2-1-3-6-12)13-11-23-17(19-13)20-16(22)14-7-4-10-24-14/h1-7,10-11H,8-9H2,(H,18,21)(H,19,20,22). The molecule has 0 saturated heterocycles. The van der Waals surface area contributed by atoms with Crippen LogP contribution in [0.4, 0.5) is 6.01 Å². The van der Waals surface area contributed by atoms with E-state index in [9.17, 15) is 9.59 Å². The molecule has 2 aromatic heterocycles. The van der Waals surface area contributed by atoms with Crippen molar-refractivity contribution in [1.82, 2.24) is 10.3 Å². The van der Waals surface area contributed by atoms with Gasteiger partial charge in [0.15, 0.2) is 5.69 Å². The zero-order chi connectivity index (χ0) is 16.8. The van der Waals surface area contributed by atoms with Gasteiger partial charge in [0, 0.05) is 6.54 Å². The first-order valence-corrected chi connectivity index (χ1v) is 8.23. The lowest BCUT2D eigenvalue weighted by Crippen LogP contribution is -2.26. The Kier molecular flexibility index (Phi) is 5.02. The maximum Gasteiger partial charge on any atom is 0.302 e. The second kappa shape index (κ2) is 7.56. The highest BCUT2D eigenvalue weighted by molar-refractivity contribution is 7.12. The molecular formula is C17H15N3O3S. The van der Waals surface area contributed by atoms with Crippen molar-refractivity contribution in [3.63, 3.8) is 0 Å². The SMILES string of the molecule is O=C(NCCc1ccccc1)c1coc(NC(=O)c2cccs2)n1. The van der Waals surface area contributed by atoms with Crippen molar-refractivity contribution in [1.29, 1.82) is 0 Å². The third kappa shape index (κ3) is 4.08. The van der Waals surface area contributed by atoms with Crippen LogP contribution in [0.15, 0.2) is 58.5 Å². The van der Waals surface area contributed by atoms with Gasteiger partial charge in [0.05, 0.1) is 4.88 Å². The number of anilines is 1. The summed E-state index contributed by atoms with van der Waals surface area (Å²) in [6, 6.07) is 13.3. The van der Waals surface area contributed by atoms with Crippen LogP contribution < -0.4 is 10.6 Å². The number of oxazole rings is 1. The molecule has 3 aromatic rings. The van der Waals surface area contributed by atoms with E-state index in [1.54, 1.807) is 17.5 Å². The Morgan fingerprint density at radius 2 is 1.92 bits per heavy atom. The number of nitrogens with zero attached hydrogens (tertiary/aromatic N) is 1. The molecule has 7 heteroatoms. The molecule has 6 nitrogen and oxygen atoms in total. The zero-order valence-corrected chi connectivity index (χ0v) is 13.5. The molecule has 2 heterocycles. The second-order valence-corrected chi connectivity index (χ2v) is 5.91. The number of carbonyl (C=O) groups is 2. The molecule has 0 spiro atoms. The fraction of sp³-hybridized carbons (Fsp3) is 0.118. The van der Waals surface area contributed by atoms with Gasteiger partial charge in [-0.05, 0) is 23.4 Å². The summed E-state index contributed by atoms with van der Waals surface area (Å²) in [5, 5.41) is 7.09. The summed E-state index contributed by atoms with van der Waals surface area (Å²) in [7, 11) is 0. The molecule has 0 fully saturated rings. The predicted octanol–water partition coefficient (Wildman–Crippen LogP) is 2.96. The van der Waals surface area contributed by atoms with Crippen molar-refractivity contribution in [2.75, 3.05) is 11.9 Å². The number of thiophene rings is 1. The monoisotopic (exact) mass is 341 g/mol. The van der Waals surface area contributed by atoms with Crippen molar-refractivity contribution in [2.24, 2.45) is 0 Å². The molecule has 24 heavy (non-hydrogen) atoms. The third-order valence-electron chi connectivity index (χ3n) is 3.24. The van der Waals surface area contributed by atoms with E-state index in [4.69, 9.17) is 4.42 Å². The highest BCUT2D eigenvalue weighted by atomic mass is 32.1. The lowest BCUT2D eigenvalue weighted by Gasteiger charge is -2.02. The maximum absolute atomic E-state index is 12.0. The van der Waals surface area contributed by atoms with Crippen molar-refractivity contribution >= 4 is 29.2 Å². The van der Waals surface area contributed by atoms with Gasteiger partial charge in [-0.2, -0.15) is 4.98 Å². The molecule has 0 bridgehead atoms. The lowest BCUT2D eigenvalue weighted by molar-refractivity contribution is 0.0948. The van der Waals surface area contributed by atoms with Gasteiger partial charge in [-0.25, -0.2) is 0 Å². The van der Waals surface area contributed by atoms with Crippen LogP contribution in [0.2, 0.25) is 0 Å². The molecule has 2 N–H and O–H groups in total. The van der Waals surface area contributed by atoms with Crippen LogP contribution in [0, 0.1) is 0 Å². The number of hydrogen-bond acceptors (Lipinski definition) is 5. The van der Waals surface area contributed by atoms with E-state index in [0.717, 1.165) is 12.0 Å². The largest absolute Gasteiger partial charge is 0.431 e. The van der Waals surface area contributed by atoms with Gasteiger partial charge in [0.1, 0.15) is 6.26 Å². The number of hydrogen-bond donors (Lipinski definition) is 2. The Bertz CT molecular complexity index is 813. The summed E-state index contributed by atoms with van der Waals surface area (Å²) in [5.41, 5.74) is 1.27. The second-order valence-electron chi connectivity index (χ2n) is 4.96. The Hall–Kier alpha value is -2.93. The van der Waals surface area contributed by atoms with E-state index in [2.05, 4.69) is 15.6 Å². The summed E-state index contributed by atoms with van der Waals surface area (Å²) in [6.07, 6.45) is 1.95. The number of rotatable bonds is 6. The summed E-state index contributed by atoms with van der Waals surface area (Å²) in [4.78, 5) is 28.4. The first kappa shape index (κ1) is 15.9. The minimum absolute atomic E-state index is 0.00149. The van der Waals surface area contributed by atoms with Gasteiger partial charge in [0.2, 0.25) is 0 Å². The fourth-order valence-corrected chi connectivity index (χ4v) is 2.68. The van der Waals surface area contributed by atoms with Crippen LogP contribution in [0.5, 0.6) is 0 Å². The van der Waals surface area contributed by atoms with E-state index >= 15 is 0 Å². The van der Waals surface area contributed by atoms with Gasteiger partial charge < -0.3 is 9.73 Å². The van der Waals surface area contributed by atoms with Crippen LogP contribution in [-0.2, 0) is 6.42 Å². The normalized spacial score (nSPS) is 10.3. The Morgan fingerprint density at radius 3 is 2.67 bits per heavy atom. The smallest absolute Gasteiger partial charge is 0.302 e. The van der Waals surface area contributed by atoms with E-state index < -0.39 is 0 Å². The fourth-order valence-electron chi connectivity index (χ4n) is 2.06. The summed E-state index contributed by atoms with van der Waals surface area (Å²) >= 11 is 1.31. The average molecular weight is 341 g/mol. The zero-order valence-electron chi connectivity index (χ0n) is 12.7. The summed E-state index contributed by atoms with van der Waals surface area (Å²) < 4.78 is 5.12. The van der Waals surface area contributed by atoms with E-state index in [1.165, 1.54) is 17.6 Å². The van der Waals surface area contributed by atoms with Crippen molar-refractivity contribution in [3.05, 3.63) is 70.2 Å². The molecule has 0 aliphatic rings. The first-order valence-electron chi connectivity index (χ1n) is 7.35. The molecule has 0 aliphatic carbocycles. The molecule has 0 aliphatic heterocycles. The minimum atomic E-state index is -0.341. The number of aromatic nitrogens is 1. The van der Waals surface area contributed by atoms with Crippen LogP contribution in [0.1, 0.15) is 25.7 Å².